The van der Waals surface area contributed by atoms with E-state index in [-0.39, 0.29) is 0 Å². The van der Waals surface area contributed by atoms with Crippen LogP contribution in [0.25, 0.3) is 0 Å². The monoisotopic (exact) mass is 116 g/mol. The molecule has 46 valence electrons. The Labute approximate surface area is 47.0 Å². The van der Waals surface area contributed by atoms with Gasteiger partial charge in [-0.15, -0.1) is 0 Å². The summed E-state index contributed by atoms with van der Waals surface area (Å²) in [4.78, 5) is 19.7. The van der Waals surface area contributed by atoms with Crippen LogP contribution in [-0.4, -0.2) is 18.4 Å². The topological polar surface area (TPSA) is 72.2 Å². The van der Waals surface area contributed by atoms with Crippen molar-refractivity contribution in [2.75, 3.05) is 0 Å². The number of urea groups is 1. The Morgan fingerprint density at radius 3 is 2.50 bits per heavy atom. The fourth-order valence-electron chi connectivity index (χ4n) is 0.258. The number of nitrogens with one attached hydrogen (secondary N) is 1. The van der Waals surface area contributed by atoms with E-state index in [1.165, 1.54) is 6.92 Å². The number of carbonyl (C=O) groups excluding carboxylic acids is 2. The zero-order valence-corrected chi connectivity index (χ0v) is 4.55. The van der Waals surface area contributed by atoms with Crippen molar-refractivity contribution in [1.29, 1.82) is 0 Å². The predicted octanol–water partition coefficient (Wildman–Crippen LogP) is -0.758. The summed E-state index contributed by atoms with van der Waals surface area (Å²) in [6, 6.07) is -1.16. The molecule has 3 N–H and O–H groups in total. The number of hydrogen-bond acceptors (Lipinski definition) is 2. The van der Waals surface area contributed by atoms with Gasteiger partial charge in [0.05, 0.1) is 6.04 Å². The largest absolute Gasteiger partial charge is 0.352 e. The third-order valence-electron chi connectivity index (χ3n) is 0.574. The van der Waals surface area contributed by atoms with Crippen molar-refractivity contribution in [3.05, 3.63) is 0 Å². The van der Waals surface area contributed by atoms with Gasteiger partial charge in [0, 0.05) is 0 Å². The Bertz CT molecular complexity index is 102. The minimum absolute atomic E-state index is 0.479. The van der Waals surface area contributed by atoms with Crippen LogP contribution in [0.3, 0.4) is 0 Å². The Balaban J connectivity index is 3.38. The number of nitrogens with two attached hydrogens (primary N) is 1. The van der Waals surface area contributed by atoms with Crippen molar-refractivity contribution >= 4 is 12.3 Å². The van der Waals surface area contributed by atoms with Crippen molar-refractivity contribution in [3.63, 3.8) is 0 Å². The fraction of sp³-hybridized carbons (Fsp3) is 0.500. The molecule has 4 nitrogen and oxygen atoms in total. The predicted molar refractivity (Wildman–Crippen MR) is 28.2 cm³/mol. The first-order chi connectivity index (χ1) is 3.66. The second-order valence-electron chi connectivity index (χ2n) is 1.43. The third kappa shape index (κ3) is 3.14. The SMILES string of the molecule is C[C@@H](C=O)NC(N)=O. The molecule has 0 aliphatic carbocycles. The van der Waals surface area contributed by atoms with Crippen molar-refractivity contribution in [2.24, 2.45) is 5.73 Å². The highest BCUT2D eigenvalue weighted by Gasteiger charge is 1.97. The van der Waals surface area contributed by atoms with Gasteiger partial charge in [0.2, 0.25) is 0 Å². The molecule has 4 heteroatoms. The maximum Gasteiger partial charge on any atom is 0.312 e. The molecule has 8 heavy (non-hydrogen) atoms. The van der Waals surface area contributed by atoms with Crippen molar-refractivity contribution in [3.8, 4) is 0 Å². The lowest BCUT2D eigenvalue weighted by Crippen LogP contribution is -2.37. The van der Waals surface area contributed by atoms with Crippen LogP contribution >= 0.6 is 0 Å². The number of aldehydes is 1. The molecule has 0 aromatic carbocycles. The van der Waals surface area contributed by atoms with Gasteiger partial charge in [-0.1, -0.05) is 0 Å². The first-order valence-corrected chi connectivity index (χ1v) is 2.18. The lowest BCUT2D eigenvalue weighted by atomic mass is 10.4. The molecule has 0 radical (unpaired) electrons. The van der Waals surface area contributed by atoms with Crippen molar-refractivity contribution in [1.82, 2.24) is 5.32 Å². The summed E-state index contributed by atoms with van der Waals surface area (Å²) in [6.07, 6.45) is 0.602. The highest BCUT2D eigenvalue weighted by molar-refractivity contribution is 5.75. The van der Waals surface area contributed by atoms with E-state index in [0.717, 1.165) is 0 Å². The van der Waals surface area contributed by atoms with Gasteiger partial charge in [-0.2, -0.15) is 0 Å². The van der Waals surface area contributed by atoms with Crippen LogP contribution in [0.1, 0.15) is 6.92 Å². The lowest BCUT2D eigenvalue weighted by molar-refractivity contribution is -0.109. The van der Waals surface area contributed by atoms with Crippen LogP contribution in [-0.2, 0) is 4.79 Å². The molecule has 0 unspecified atom stereocenters. The molecule has 0 heterocycles. The van der Waals surface area contributed by atoms with Crippen LogP contribution in [0.15, 0.2) is 0 Å². The molecule has 0 aromatic rings. The first-order valence-electron chi connectivity index (χ1n) is 2.18. The van der Waals surface area contributed by atoms with E-state index in [9.17, 15) is 9.59 Å². The minimum Gasteiger partial charge on any atom is -0.352 e. The smallest absolute Gasteiger partial charge is 0.312 e. The third-order valence-corrected chi connectivity index (χ3v) is 0.574. The number of rotatable bonds is 2. The molecule has 0 rings (SSSR count). The molecule has 1 atom stereocenters. The standard InChI is InChI=1S/C4H8N2O2/c1-3(2-7)6-4(5)8/h2-3H,1H3,(H3,5,6,8)/t3-/m0/s1. The highest BCUT2D eigenvalue weighted by atomic mass is 16.2. The molecule has 2 amide bonds. The molecule has 0 aromatic heterocycles. The van der Waals surface area contributed by atoms with Crippen molar-refractivity contribution < 1.29 is 9.59 Å². The first kappa shape index (κ1) is 6.94. The molecule has 0 fully saturated rings. The quantitative estimate of drug-likeness (QED) is 0.465. The van der Waals surface area contributed by atoms with Crippen molar-refractivity contribution in [2.45, 2.75) is 13.0 Å². The molecular formula is C4H8N2O2. The van der Waals surface area contributed by atoms with Gasteiger partial charge in [-0.3, -0.25) is 0 Å². The molecule has 0 spiro atoms. The highest BCUT2D eigenvalue weighted by Crippen LogP contribution is 1.69. The zero-order valence-electron chi connectivity index (χ0n) is 4.55. The van der Waals surface area contributed by atoms with Gasteiger partial charge in [0.25, 0.3) is 0 Å². The summed E-state index contributed by atoms with van der Waals surface area (Å²) in [6.45, 7) is 1.54. The van der Waals surface area contributed by atoms with Gasteiger partial charge in [-0.25, -0.2) is 4.79 Å². The average molecular weight is 116 g/mol. The molecule has 0 saturated carbocycles. The summed E-state index contributed by atoms with van der Waals surface area (Å²) in [5, 5.41) is 2.16. The Morgan fingerprint density at radius 2 is 2.38 bits per heavy atom. The molecule has 0 bridgehead atoms. The van der Waals surface area contributed by atoms with Gasteiger partial charge in [0.1, 0.15) is 6.29 Å². The minimum atomic E-state index is -0.676. The van der Waals surface area contributed by atoms with E-state index >= 15 is 0 Å². The van der Waals surface area contributed by atoms with Crippen LogP contribution in [0.2, 0.25) is 0 Å². The van der Waals surface area contributed by atoms with Crippen LogP contribution in [0, 0.1) is 0 Å². The van der Waals surface area contributed by atoms with Crippen LogP contribution in [0.4, 0.5) is 4.79 Å². The number of amides is 2. The van der Waals surface area contributed by atoms with Gasteiger partial charge in [0.15, 0.2) is 0 Å². The number of primary amides is 1. The van der Waals surface area contributed by atoms with E-state index in [1.54, 1.807) is 0 Å². The number of carbonyl (C=O) groups is 2. The molecule has 0 aliphatic rings. The van der Waals surface area contributed by atoms with E-state index < -0.39 is 12.1 Å². The second kappa shape index (κ2) is 3.01. The fourth-order valence-corrected chi connectivity index (χ4v) is 0.258. The number of hydrogen-bond donors (Lipinski definition) is 2. The van der Waals surface area contributed by atoms with E-state index in [2.05, 4.69) is 11.1 Å². The normalized spacial score (nSPS) is 12.1. The van der Waals surface area contributed by atoms with Gasteiger partial charge < -0.3 is 15.8 Å². The molecule has 0 aliphatic heterocycles. The molecule has 0 saturated heterocycles. The maximum absolute atomic E-state index is 9.92. The summed E-state index contributed by atoms with van der Waals surface area (Å²) in [5.41, 5.74) is 4.66. The Morgan fingerprint density at radius 1 is 1.88 bits per heavy atom. The average Bonchev–Trinajstić information content (AvgIpc) is 1.65. The zero-order chi connectivity index (χ0) is 6.57. The molecular weight excluding hydrogens is 108 g/mol. The second-order valence-corrected chi connectivity index (χ2v) is 1.43. The van der Waals surface area contributed by atoms with Crippen LogP contribution < -0.4 is 11.1 Å². The summed E-state index contributed by atoms with van der Waals surface area (Å²) in [7, 11) is 0. The summed E-state index contributed by atoms with van der Waals surface area (Å²) < 4.78 is 0. The Kier molecular flexibility index (Phi) is 2.61. The summed E-state index contributed by atoms with van der Waals surface area (Å²) in [5.74, 6) is 0. The van der Waals surface area contributed by atoms with E-state index in [1.807, 2.05) is 0 Å². The van der Waals surface area contributed by atoms with Gasteiger partial charge in [-0.05, 0) is 6.92 Å². The summed E-state index contributed by atoms with van der Waals surface area (Å²) >= 11 is 0. The van der Waals surface area contributed by atoms with E-state index in [0.29, 0.717) is 6.29 Å². The lowest BCUT2D eigenvalue weighted by Gasteiger charge is -2.00. The Hall–Kier alpha value is -1.06. The maximum atomic E-state index is 9.92. The van der Waals surface area contributed by atoms with Crippen LogP contribution in [0.5, 0.6) is 0 Å². The van der Waals surface area contributed by atoms with Gasteiger partial charge >= 0.3 is 6.03 Å². The van der Waals surface area contributed by atoms with E-state index in [4.69, 9.17) is 0 Å².